The van der Waals surface area contributed by atoms with Crippen LogP contribution in [-0.4, -0.2) is 27.4 Å². The predicted molar refractivity (Wildman–Crippen MR) is 89.1 cm³/mol. The van der Waals surface area contributed by atoms with Crippen molar-refractivity contribution in [3.63, 3.8) is 0 Å². The van der Waals surface area contributed by atoms with E-state index < -0.39 is 15.8 Å². The molecule has 24 heavy (non-hydrogen) atoms. The lowest BCUT2D eigenvalue weighted by Gasteiger charge is -2.20. The minimum Gasteiger partial charge on any atom is -0.352 e. The number of carbonyl (C=O) groups excluding carboxylic acids is 1. The summed E-state index contributed by atoms with van der Waals surface area (Å²) < 4.78 is 40.7. The molecule has 1 N–H and O–H groups in total. The number of hydrogen-bond acceptors (Lipinski definition) is 3. The summed E-state index contributed by atoms with van der Waals surface area (Å²) in [7, 11) is -4.01. The molecule has 126 valence electrons. The number of anilines is 1. The average Bonchev–Trinajstić information content (AvgIpc) is 2.99. The van der Waals surface area contributed by atoms with Gasteiger partial charge < -0.3 is 5.32 Å². The Morgan fingerprint density at radius 3 is 2.71 bits per heavy atom. The molecule has 3 rings (SSSR count). The molecule has 1 aliphatic rings. The lowest BCUT2D eigenvalue weighted by Crippen LogP contribution is -2.30. The number of sulfonamides is 1. The van der Waals surface area contributed by atoms with E-state index in [4.69, 9.17) is 0 Å². The van der Waals surface area contributed by atoms with Crippen molar-refractivity contribution in [3.8, 4) is 0 Å². The third-order valence-corrected chi connectivity index (χ3v) is 5.79. The Balaban J connectivity index is 2.04. The molecule has 0 aliphatic carbocycles. The van der Waals surface area contributed by atoms with E-state index in [1.54, 1.807) is 25.1 Å². The van der Waals surface area contributed by atoms with Crippen molar-refractivity contribution >= 4 is 21.6 Å². The van der Waals surface area contributed by atoms with Crippen LogP contribution < -0.4 is 9.62 Å². The Bertz CT molecular complexity index is 896. The van der Waals surface area contributed by atoms with Crippen LogP contribution in [0.25, 0.3) is 0 Å². The second-order valence-corrected chi connectivity index (χ2v) is 7.29. The normalized spacial score (nSPS) is 13.7. The number of rotatable bonds is 4. The topological polar surface area (TPSA) is 66.5 Å². The van der Waals surface area contributed by atoms with E-state index in [0.29, 0.717) is 24.2 Å². The minimum atomic E-state index is -4.01. The molecule has 5 nitrogen and oxygen atoms in total. The number of benzene rings is 2. The molecule has 1 aliphatic heterocycles. The number of carbonyl (C=O) groups is 1. The van der Waals surface area contributed by atoms with Gasteiger partial charge in [0.15, 0.2) is 0 Å². The first-order valence-electron chi connectivity index (χ1n) is 7.63. The predicted octanol–water partition coefficient (Wildman–Crippen LogP) is 2.33. The van der Waals surface area contributed by atoms with Crippen LogP contribution in [0.3, 0.4) is 0 Å². The molecule has 1 amide bonds. The first-order chi connectivity index (χ1) is 11.4. The van der Waals surface area contributed by atoms with Crippen molar-refractivity contribution in [1.82, 2.24) is 5.32 Å². The van der Waals surface area contributed by atoms with Gasteiger partial charge in [-0.05, 0) is 43.2 Å². The van der Waals surface area contributed by atoms with Gasteiger partial charge in [-0.1, -0.05) is 18.2 Å². The van der Waals surface area contributed by atoms with Crippen molar-refractivity contribution < 1.29 is 17.6 Å². The first-order valence-corrected chi connectivity index (χ1v) is 9.07. The molecule has 2 aromatic rings. The maximum Gasteiger partial charge on any atom is 0.267 e. The van der Waals surface area contributed by atoms with E-state index in [1.807, 2.05) is 0 Å². The van der Waals surface area contributed by atoms with E-state index in [9.17, 15) is 17.6 Å². The van der Waals surface area contributed by atoms with Crippen LogP contribution in [0.1, 0.15) is 22.8 Å². The highest BCUT2D eigenvalue weighted by Crippen LogP contribution is 2.34. The number of nitrogens with one attached hydrogen (secondary N) is 1. The minimum absolute atomic E-state index is 0.227. The lowest BCUT2D eigenvalue weighted by molar-refractivity contribution is 0.0956. The van der Waals surface area contributed by atoms with Gasteiger partial charge in [0.05, 0.1) is 5.69 Å². The molecule has 0 atom stereocenters. The largest absolute Gasteiger partial charge is 0.352 e. The van der Waals surface area contributed by atoms with Gasteiger partial charge in [-0.25, -0.2) is 12.8 Å². The van der Waals surface area contributed by atoms with E-state index in [1.165, 1.54) is 22.5 Å². The van der Waals surface area contributed by atoms with Crippen LogP contribution in [0.5, 0.6) is 0 Å². The van der Waals surface area contributed by atoms with E-state index >= 15 is 0 Å². The summed E-state index contributed by atoms with van der Waals surface area (Å²) in [6, 6.07) is 10.3. The van der Waals surface area contributed by atoms with E-state index in [2.05, 4.69) is 5.32 Å². The summed E-state index contributed by atoms with van der Waals surface area (Å²) in [5.74, 6) is -1.05. The van der Waals surface area contributed by atoms with Crippen molar-refractivity contribution in [2.45, 2.75) is 18.2 Å². The maximum absolute atomic E-state index is 14.0. The Morgan fingerprint density at radius 2 is 2.00 bits per heavy atom. The van der Waals surface area contributed by atoms with Crippen LogP contribution in [0.4, 0.5) is 10.1 Å². The number of amides is 1. The van der Waals surface area contributed by atoms with Crippen LogP contribution in [0, 0.1) is 5.82 Å². The molecule has 0 radical (unpaired) electrons. The summed E-state index contributed by atoms with van der Waals surface area (Å²) in [4.78, 5) is 11.6. The van der Waals surface area contributed by atoms with Crippen molar-refractivity contribution in [3.05, 3.63) is 59.4 Å². The van der Waals surface area contributed by atoms with Crippen LogP contribution >= 0.6 is 0 Å². The molecule has 2 aromatic carbocycles. The molecule has 0 spiro atoms. The number of halogens is 1. The van der Waals surface area contributed by atoms with Crippen LogP contribution in [-0.2, 0) is 16.4 Å². The monoisotopic (exact) mass is 348 g/mol. The Kier molecular flexibility index (Phi) is 4.28. The van der Waals surface area contributed by atoms with Crippen molar-refractivity contribution in [1.29, 1.82) is 0 Å². The molecule has 0 unspecified atom stereocenters. The molecule has 1 heterocycles. The van der Waals surface area contributed by atoms with Gasteiger partial charge in [0.25, 0.3) is 15.9 Å². The fraction of sp³-hybridized carbons (Fsp3) is 0.235. The highest BCUT2D eigenvalue weighted by molar-refractivity contribution is 7.92. The highest BCUT2D eigenvalue weighted by Gasteiger charge is 2.33. The van der Waals surface area contributed by atoms with Crippen LogP contribution in [0.15, 0.2) is 47.4 Å². The summed E-state index contributed by atoms with van der Waals surface area (Å²) in [6.45, 7) is 2.51. The Morgan fingerprint density at radius 1 is 1.25 bits per heavy atom. The van der Waals surface area contributed by atoms with E-state index in [-0.39, 0.29) is 17.3 Å². The van der Waals surface area contributed by atoms with Gasteiger partial charge >= 0.3 is 0 Å². The zero-order valence-corrected chi connectivity index (χ0v) is 13.9. The van der Waals surface area contributed by atoms with Gasteiger partial charge in [0.2, 0.25) is 0 Å². The van der Waals surface area contributed by atoms with Crippen molar-refractivity contribution in [2.24, 2.45) is 0 Å². The summed E-state index contributed by atoms with van der Waals surface area (Å²) in [6.07, 6.45) is 0.526. The summed E-state index contributed by atoms with van der Waals surface area (Å²) in [5, 5.41) is 2.68. The van der Waals surface area contributed by atoms with Crippen LogP contribution in [0.2, 0.25) is 0 Å². The van der Waals surface area contributed by atoms with Gasteiger partial charge in [0.1, 0.15) is 10.7 Å². The number of hydrogen-bond donors (Lipinski definition) is 1. The summed E-state index contributed by atoms with van der Waals surface area (Å²) in [5.41, 5.74) is 1.64. The smallest absolute Gasteiger partial charge is 0.267 e. The zero-order valence-electron chi connectivity index (χ0n) is 13.1. The third kappa shape index (κ3) is 2.75. The van der Waals surface area contributed by atoms with E-state index in [0.717, 1.165) is 11.6 Å². The van der Waals surface area contributed by atoms with Gasteiger partial charge in [0, 0.05) is 18.7 Å². The van der Waals surface area contributed by atoms with Crippen molar-refractivity contribution in [2.75, 3.05) is 17.4 Å². The maximum atomic E-state index is 14.0. The Hall–Kier alpha value is -2.41. The number of fused-ring (bicyclic) bond motifs is 1. The molecular formula is C17H17FN2O3S. The first kappa shape index (κ1) is 16.4. The zero-order chi connectivity index (χ0) is 17.3. The average molecular weight is 348 g/mol. The lowest BCUT2D eigenvalue weighted by atomic mass is 10.1. The highest BCUT2D eigenvalue weighted by atomic mass is 32.2. The van der Waals surface area contributed by atoms with Gasteiger partial charge in [-0.15, -0.1) is 0 Å². The molecule has 7 heteroatoms. The quantitative estimate of drug-likeness (QED) is 0.922. The third-order valence-electron chi connectivity index (χ3n) is 3.94. The van der Waals surface area contributed by atoms with Gasteiger partial charge in [-0.3, -0.25) is 9.10 Å². The molecular weight excluding hydrogens is 331 g/mol. The molecule has 0 saturated carbocycles. The second kappa shape index (κ2) is 6.24. The molecule has 0 bridgehead atoms. The Labute approximate surface area is 140 Å². The fourth-order valence-electron chi connectivity index (χ4n) is 2.78. The molecule has 0 saturated heterocycles. The number of nitrogens with zero attached hydrogens (tertiary/aromatic N) is 1. The molecule has 0 aromatic heterocycles. The standard InChI is InChI=1S/C17H17FN2O3S/c1-2-19-17(21)13-8-7-12-9-10-20(15(12)11-13)24(22,23)16-6-4-3-5-14(16)18/h3-8,11H,2,9-10H2,1H3,(H,19,21). The molecule has 0 fully saturated rings. The SMILES string of the molecule is CCNC(=O)c1ccc2c(c1)N(S(=O)(=O)c1ccccc1F)CC2. The summed E-state index contributed by atoms with van der Waals surface area (Å²) >= 11 is 0. The second-order valence-electron chi connectivity index (χ2n) is 5.46. The fourth-order valence-corrected chi connectivity index (χ4v) is 4.34. The van der Waals surface area contributed by atoms with Gasteiger partial charge in [-0.2, -0.15) is 0 Å².